The van der Waals surface area contributed by atoms with Crippen LogP contribution in [0.15, 0.2) is 54.7 Å². The van der Waals surface area contributed by atoms with Gasteiger partial charge in [0, 0.05) is 30.8 Å². The average Bonchev–Trinajstić information content (AvgIpc) is 3.56. The molecule has 0 amide bonds. The van der Waals surface area contributed by atoms with Gasteiger partial charge in [0.15, 0.2) is 5.65 Å². The van der Waals surface area contributed by atoms with E-state index < -0.39 is 11.6 Å². The van der Waals surface area contributed by atoms with Gasteiger partial charge in [-0.1, -0.05) is 6.07 Å². The summed E-state index contributed by atoms with van der Waals surface area (Å²) in [6.07, 6.45) is 3.14. The molecule has 40 heavy (non-hydrogen) atoms. The van der Waals surface area contributed by atoms with E-state index in [1.807, 2.05) is 57.4 Å². The maximum atomic E-state index is 14.7. The summed E-state index contributed by atoms with van der Waals surface area (Å²) < 4.78 is 36.8. The Morgan fingerprint density at radius 2 is 1.82 bits per heavy atom. The van der Waals surface area contributed by atoms with Crippen molar-refractivity contribution >= 4 is 11.5 Å². The van der Waals surface area contributed by atoms with Crippen LogP contribution < -0.4 is 9.64 Å². The number of aromatic nitrogens is 3. The van der Waals surface area contributed by atoms with E-state index in [-0.39, 0.29) is 12.1 Å². The average molecular weight is 546 g/mol. The molecule has 1 saturated heterocycles. The summed E-state index contributed by atoms with van der Waals surface area (Å²) >= 11 is 0. The molecule has 208 valence electrons. The molecule has 0 bridgehead atoms. The van der Waals surface area contributed by atoms with Crippen LogP contribution in [0.25, 0.3) is 16.9 Å². The summed E-state index contributed by atoms with van der Waals surface area (Å²) in [7, 11) is 7.96. The molecule has 1 fully saturated rings. The minimum Gasteiger partial charge on any atom is -0.486 e. The van der Waals surface area contributed by atoms with E-state index in [0.29, 0.717) is 54.4 Å². The number of nitriles is 1. The lowest BCUT2D eigenvalue weighted by molar-refractivity contribution is 0.128. The normalized spacial score (nSPS) is 15.5. The molecule has 2 aromatic heterocycles. The highest BCUT2D eigenvalue weighted by Gasteiger charge is 2.30. The van der Waals surface area contributed by atoms with Crippen molar-refractivity contribution in [2.75, 3.05) is 52.7 Å². The summed E-state index contributed by atoms with van der Waals surface area (Å²) in [6.45, 7) is 2.06. The molecule has 4 aromatic rings. The lowest BCUT2D eigenvalue weighted by Gasteiger charge is -2.26. The van der Waals surface area contributed by atoms with E-state index in [9.17, 15) is 14.0 Å². The van der Waals surface area contributed by atoms with Crippen LogP contribution in [0.1, 0.15) is 30.0 Å². The van der Waals surface area contributed by atoms with Crippen LogP contribution in [0.2, 0.25) is 0 Å². The van der Waals surface area contributed by atoms with Gasteiger partial charge in [-0.05, 0) is 83.5 Å². The Morgan fingerprint density at radius 1 is 1.05 bits per heavy atom. The number of rotatable bonds is 9. The lowest BCUT2D eigenvalue weighted by Crippen LogP contribution is -2.38. The smallest absolute Gasteiger partial charge is 0.154 e. The van der Waals surface area contributed by atoms with Crippen molar-refractivity contribution < 1.29 is 13.5 Å². The standard InChI is InChI=1S/C30H33F2N7O/c1-36(2)18-23(19-37(3)4)40-28-14-20(7-8-21(28)16-33)27-17-34-29-11-12-30(35-39(27)29)38-13-5-6-26(38)24-15-22(31)9-10-25(24)32/h7-12,14-15,17,23,26H,5-6,13,18-19H2,1-4H3. The SMILES string of the molecule is CN(C)CC(CN(C)C)Oc1cc(-c2cnc3ccc(N4CCCC4c4cc(F)ccc4F)nn23)ccc1C#N. The van der Waals surface area contributed by atoms with Gasteiger partial charge in [-0.15, -0.1) is 5.10 Å². The fourth-order valence-corrected chi connectivity index (χ4v) is 5.35. The van der Waals surface area contributed by atoms with E-state index >= 15 is 0 Å². The molecule has 0 aliphatic carbocycles. The van der Waals surface area contributed by atoms with Crippen molar-refractivity contribution in [3.63, 3.8) is 0 Å². The van der Waals surface area contributed by atoms with Gasteiger partial charge in [0.25, 0.3) is 0 Å². The van der Waals surface area contributed by atoms with E-state index in [0.717, 1.165) is 23.7 Å². The molecule has 0 N–H and O–H groups in total. The lowest BCUT2D eigenvalue weighted by atomic mass is 10.0. The van der Waals surface area contributed by atoms with Crippen LogP contribution >= 0.6 is 0 Å². The fourth-order valence-electron chi connectivity index (χ4n) is 5.35. The molecule has 2 aromatic carbocycles. The summed E-state index contributed by atoms with van der Waals surface area (Å²) in [6, 6.07) is 14.7. The molecular weight excluding hydrogens is 512 g/mol. The second kappa shape index (κ2) is 11.6. The molecule has 3 heterocycles. The van der Waals surface area contributed by atoms with Crippen LogP contribution in [0.5, 0.6) is 5.75 Å². The Balaban J connectivity index is 1.50. The maximum Gasteiger partial charge on any atom is 0.154 e. The van der Waals surface area contributed by atoms with Crippen molar-refractivity contribution in [3.05, 3.63) is 77.5 Å². The summed E-state index contributed by atoms with van der Waals surface area (Å²) in [4.78, 5) is 10.7. The van der Waals surface area contributed by atoms with Gasteiger partial charge in [-0.2, -0.15) is 5.26 Å². The van der Waals surface area contributed by atoms with Gasteiger partial charge >= 0.3 is 0 Å². The molecule has 0 saturated carbocycles. The van der Waals surface area contributed by atoms with E-state index in [1.165, 1.54) is 12.1 Å². The highest BCUT2D eigenvalue weighted by Crippen LogP contribution is 2.37. The summed E-state index contributed by atoms with van der Waals surface area (Å²) in [5.41, 5.74) is 2.97. The molecule has 1 aliphatic heterocycles. The van der Waals surface area contributed by atoms with Gasteiger partial charge in [-0.3, -0.25) is 0 Å². The topological polar surface area (TPSA) is 72.9 Å². The second-order valence-electron chi connectivity index (χ2n) is 10.7. The van der Waals surface area contributed by atoms with Crippen LogP contribution in [0, 0.1) is 23.0 Å². The molecule has 0 spiro atoms. The third-order valence-corrected chi connectivity index (χ3v) is 7.04. The quantitative estimate of drug-likeness (QED) is 0.300. The number of nitrogens with zero attached hydrogens (tertiary/aromatic N) is 7. The number of halogens is 2. The molecule has 5 rings (SSSR count). The van der Waals surface area contributed by atoms with Crippen LogP contribution in [0.3, 0.4) is 0 Å². The van der Waals surface area contributed by atoms with Crippen molar-refractivity contribution in [1.29, 1.82) is 5.26 Å². The highest BCUT2D eigenvalue weighted by atomic mass is 19.1. The van der Waals surface area contributed by atoms with Crippen molar-refractivity contribution in [2.24, 2.45) is 0 Å². The van der Waals surface area contributed by atoms with Crippen molar-refractivity contribution in [3.8, 4) is 23.1 Å². The fraction of sp³-hybridized carbons (Fsp3) is 0.367. The Bertz CT molecular complexity index is 1540. The largest absolute Gasteiger partial charge is 0.486 e. The summed E-state index contributed by atoms with van der Waals surface area (Å²) in [5, 5.41) is 14.6. The second-order valence-corrected chi connectivity index (χ2v) is 10.7. The number of anilines is 1. The number of fused-ring (bicyclic) bond motifs is 1. The number of imidazole rings is 1. The molecule has 1 atom stereocenters. The Kier molecular flexibility index (Phi) is 7.96. The molecule has 0 radical (unpaired) electrons. The van der Waals surface area contributed by atoms with Crippen molar-refractivity contribution in [1.82, 2.24) is 24.4 Å². The third-order valence-electron chi connectivity index (χ3n) is 7.04. The molecule has 1 aliphatic rings. The minimum atomic E-state index is -0.458. The molecular formula is C30H33F2N7O. The molecule has 8 nitrogen and oxygen atoms in total. The highest BCUT2D eigenvalue weighted by molar-refractivity contribution is 5.67. The zero-order valence-corrected chi connectivity index (χ0v) is 23.2. The Hall–Kier alpha value is -4.07. The van der Waals surface area contributed by atoms with Gasteiger partial charge in [0.05, 0.1) is 23.5 Å². The van der Waals surface area contributed by atoms with Crippen LogP contribution in [-0.2, 0) is 0 Å². The first-order valence-corrected chi connectivity index (χ1v) is 13.3. The van der Waals surface area contributed by atoms with Crippen LogP contribution in [0.4, 0.5) is 14.6 Å². The first-order valence-electron chi connectivity index (χ1n) is 13.3. The van der Waals surface area contributed by atoms with Gasteiger partial charge in [0.2, 0.25) is 0 Å². The van der Waals surface area contributed by atoms with E-state index in [2.05, 4.69) is 20.9 Å². The first kappa shape index (κ1) is 27.5. The number of hydrogen-bond donors (Lipinski definition) is 0. The predicted molar refractivity (Wildman–Crippen MR) is 150 cm³/mol. The van der Waals surface area contributed by atoms with Gasteiger partial charge in [0.1, 0.15) is 35.4 Å². The zero-order valence-electron chi connectivity index (χ0n) is 23.2. The maximum absolute atomic E-state index is 14.7. The first-order chi connectivity index (χ1) is 19.2. The number of likely N-dealkylation sites (N-methyl/N-ethyl adjacent to an activating group) is 2. The van der Waals surface area contributed by atoms with Crippen molar-refractivity contribution in [2.45, 2.75) is 25.0 Å². The molecule has 10 heteroatoms. The number of benzene rings is 2. The van der Waals surface area contributed by atoms with Gasteiger partial charge < -0.3 is 19.4 Å². The Morgan fingerprint density at radius 3 is 2.55 bits per heavy atom. The number of ether oxygens (including phenoxy) is 1. The Labute approximate surface area is 233 Å². The zero-order chi connectivity index (χ0) is 28.4. The van der Waals surface area contributed by atoms with Crippen LogP contribution in [-0.4, -0.2) is 78.3 Å². The van der Waals surface area contributed by atoms with E-state index in [1.54, 1.807) is 16.8 Å². The predicted octanol–water partition coefficient (Wildman–Crippen LogP) is 4.76. The third kappa shape index (κ3) is 5.76. The van der Waals surface area contributed by atoms with Gasteiger partial charge in [-0.25, -0.2) is 18.3 Å². The number of hydrogen-bond acceptors (Lipinski definition) is 7. The van der Waals surface area contributed by atoms with E-state index in [4.69, 9.17) is 9.84 Å². The summed E-state index contributed by atoms with van der Waals surface area (Å²) in [5.74, 6) is 0.275. The molecule has 1 unspecified atom stereocenters. The monoisotopic (exact) mass is 545 g/mol. The minimum absolute atomic E-state index is 0.144.